The van der Waals surface area contributed by atoms with Gasteiger partial charge in [-0.05, 0) is 29.7 Å². The van der Waals surface area contributed by atoms with Crippen molar-refractivity contribution in [2.45, 2.75) is 25.3 Å². The Balaban J connectivity index is 1.90. The van der Waals surface area contributed by atoms with Crippen LogP contribution in [0.25, 0.3) is 0 Å². The van der Waals surface area contributed by atoms with E-state index in [9.17, 15) is 14.7 Å². The van der Waals surface area contributed by atoms with E-state index in [2.05, 4.69) is 5.32 Å². The van der Waals surface area contributed by atoms with E-state index in [4.69, 9.17) is 23.2 Å². The number of rotatable bonds is 7. The van der Waals surface area contributed by atoms with Gasteiger partial charge in [-0.25, -0.2) is 4.79 Å². The van der Waals surface area contributed by atoms with E-state index in [1.165, 1.54) is 0 Å². The first-order chi connectivity index (χ1) is 11.5. The third kappa shape index (κ3) is 5.55. The fourth-order valence-corrected chi connectivity index (χ4v) is 2.59. The van der Waals surface area contributed by atoms with Crippen molar-refractivity contribution < 1.29 is 14.7 Å². The van der Waals surface area contributed by atoms with Crippen molar-refractivity contribution in [3.05, 3.63) is 69.7 Å². The van der Waals surface area contributed by atoms with Crippen LogP contribution in [0.15, 0.2) is 48.5 Å². The molecule has 0 saturated heterocycles. The van der Waals surface area contributed by atoms with Gasteiger partial charge >= 0.3 is 5.97 Å². The molecule has 0 aliphatic carbocycles. The van der Waals surface area contributed by atoms with E-state index in [-0.39, 0.29) is 18.7 Å². The maximum absolute atomic E-state index is 12.0. The molecule has 0 aliphatic rings. The van der Waals surface area contributed by atoms with Crippen molar-refractivity contribution in [1.82, 2.24) is 5.32 Å². The highest BCUT2D eigenvalue weighted by molar-refractivity contribution is 6.42. The minimum atomic E-state index is -1.05. The highest BCUT2D eigenvalue weighted by Crippen LogP contribution is 2.23. The van der Waals surface area contributed by atoms with Crippen LogP contribution in [0.1, 0.15) is 17.5 Å². The Hall–Kier alpha value is -2.04. The van der Waals surface area contributed by atoms with Crippen molar-refractivity contribution in [2.75, 3.05) is 0 Å². The van der Waals surface area contributed by atoms with Crippen LogP contribution in [-0.4, -0.2) is 23.0 Å². The van der Waals surface area contributed by atoms with E-state index in [1.54, 1.807) is 18.2 Å². The number of nitrogens with one attached hydrogen (secondary N) is 1. The van der Waals surface area contributed by atoms with Crippen LogP contribution < -0.4 is 5.32 Å². The molecule has 0 unspecified atom stereocenters. The molecule has 2 rings (SSSR count). The zero-order valence-corrected chi connectivity index (χ0v) is 14.3. The number of carbonyl (C=O) groups excluding carboxylic acids is 1. The van der Waals surface area contributed by atoms with Gasteiger partial charge in [-0.1, -0.05) is 59.6 Å². The first-order valence-corrected chi connectivity index (χ1v) is 8.21. The average molecular weight is 366 g/mol. The van der Waals surface area contributed by atoms with Crippen LogP contribution in [0.4, 0.5) is 0 Å². The number of halogens is 2. The number of hydrogen-bond donors (Lipinski definition) is 2. The number of aryl methyl sites for hydroxylation is 1. The van der Waals surface area contributed by atoms with Gasteiger partial charge in [0.05, 0.1) is 10.0 Å². The number of carboxylic acids is 1. The van der Waals surface area contributed by atoms with Crippen LogP contribution >= 0.6 is 23.2 Å². The molecule has 0 aliphatic heterocycles. The SMILES string of the molecule is O=C(CCc1ccc(Cl)c(Cl)c1)N[C@@H](Cc1ccccc1)C(=O)O. The van der Waals surface area contributed by atoms with Gasteiger partial charge in [0.2, 0.25) is 5.91 Å². The topological polar surface area (TPSA) is 66.4 Å². The summed E-state index contributed by atoms with van der Waals surface area (Å²) in [5.74, 6) is -1.37. The van der Waals surface area contributed by atoms with Crippen molar-refractivity contribution in [3.8, 4) is 0 Å². The van der Waals surface area contributed by atoms with Crippen molar-refractivity contribution in [1.29, 1.82) is 0 Å². The fourth-order valence-electron chi connectivity index (χ4n) is 2.27. The summed E-state index contributed by atoms with van der Waals surface area (Å²) in [6.07, 6.45) is 0.881. The van der Waals surface area contributed by atoms with Crippen molar-refractivity contribution in [3.63, 3.8) is 0 Å². The minimum Gasteiger partial charge on any atom is -0.480 e. The molecule has 1 atom stereocenters. The molecule has 0 heterocycles. The molecule has 6 heteroatoms. The molecule has 2 aromatic rings. The van der Waals surface area contributed by atoms with Gasteiger partial charge in [0.1, 0.15) is 6.04 Å². The highest BCUT2D eigenvalue weighted by Gasteiger charge is 2.20. The lowest BCUT2D eigenvalue weighted by Gasteiger charge is -2.14. The maximum Gasteiger partial charge on any atom is 0.326 e. The molecule has 0 saturated carbocycles. The maximum atomic E-state index is 12.0. The summed E-state index contributed by atoms with van der Waals surface area (Å²) in [5.41, 5.74) is 1.73. The van der Waals surface area contributed by atoms with Crippen LogP contribution in [0.3, 0.4) is 0 Å². The van der Waals surface area contributed by atoms with Crippen LogP contribution in [0, 0.1) is 0 Å². The van der Waals surface area contributed by atoms with Crippen LogP contribution in [0.2, 0.25) is 10.0 Å². The molecule has 4 nitrogen and oxygen atoms in total. The highest BCUT2D eigenvalue weighted by atomic mass is 35.5. The summed E-state index contributed by atoms with van der Waals surface area (Å²) in [7, 11) is 0. The number of hydrogen-bond acceptors (Lipinski definition) is 2. The Morgan fingerprint density at radius 2 is 1.71 bits per heavy atom. The van der Waals surface area contributed by atoms with Gasteiger partial charge in [0.25, 0.3) is 0 Å². The second-order valence-electron chi connectivity index (χ2n) is 5.40. The molecule has 0 aromatic heterocycles. The summed E-state index contributed by atoms with van der Waals surface area (Å²) >= 11 is 11.8. The molecule has 126 valence electrons. The smallest absolute Gasteiger partial charge is 0.326 e. The molecule has 0 bridgehead atoms. The third-order valence-corrected chi connectivity index (χ3v) is 4.28. The molecule has 2 aromatic carbocycles. The van der Waals surface area contributed by atoms with Gasteiger partial charge in [-0.15, -0.1) is 0 Å². The quantitative estimate of drug-likeness (QED) is 0.785. The van der Waals surface area contributed by atoms with Crippen LogP contribution in [-0.2, 0) is 22.4 Å². The standard InChI is InChI=1S/C18H17Cl2NO3/c19-14-8-6-13(10-15(14)20)7-9-17(22)21-16(18(23)24)11-12-4-2-1-3-5-12/h1-6,8,10,16H,7,9,11H2,(H,21,22)(H,23,24)/t16-/m0/s1. The van der Waals surface area contributed by atoms with E-state index in [1.807, 2.05) is 30.3 Å². The Morgan fingerprint density at radius 1 is 1.00 bits per heavy atom. The zero-order valence-electron chi connectivity index (χ0n) is 12.8. The summed E-state index contributed by atoms with van der Waals surface area (Å²) in [6.45, 7) is 0. The van der Waals surface area contributed by atoms with Gasteiger partial charge < -0.3 is 10.4 Å². The lowest BCUT2D eigenvalue weighted by atomic mass is 10.1. The molecule has 0 spiro atoms. The first kappa shape index (κ1) is 18.3. The molecular weight excluding hydrogens is 349 g/mol. The second kappa shape index (κ2) is 8.71. The number of benzene rings is 2. The van der Waals surface area contributed by atoms with E-state index >= 15 is 0 Å². The largest absolute Gasteiger partial charge is 0.480 e. The summed E-state index contributed by atoms with van der Waals surface area (Å²) in [5, 5.41) is 12.7. The molecule has 24 heavy (non-hydrogen) atoms. The van der Waals surface area contributed by atoms with Gasteiger partial charge in [0.15, 0.2) is 0 Å². The summed E-state index contributed by atoms with van der Waals surface area (Å²) in [4.78, 5) is 23.4. The monoisotopic (exact) mass is 365 g/mol. The Labute approximate surface area is 150 Å². The van der Waals surface area contributed by atoms with Gasteiger partial charge in [-0.3, -0.25) is 4.79 Å². The van der Waals surface area contributed by atoms with Crippen LogP contribution in [0.5, 0.6) is 0 Å². The minimum absolute atomic E-state index is 0.177. The summed E-state index contributed by atoms with van der Waals surface area (Å²) in [6, 6.07) is 13.4. The molecule has 0 fully saturated rings. The molecular formula is C18H17Cl2NO3. The Bertz CT molecular complexity index is 719. The Morgan fingerprint density at radius 3 is 2.33 bits per heavy atom. The molecule has 1 amide bonds. The fraction of sp³-hybridized carbons (Fsp3) is 0.222. The average Bonchev–Trinajstić information content (AvgIpc) is 2.56. The Kier molecular flexibility index (Phi) is 6.64. The third-order valence-electron chi connectivity index (χ3n) is 3.54. The lowest BCUT2D eigenvalue weighted by molar-refractivity contribution is -0.141. The predicted molar refractivity (Wildman–Crippen MR) is 94.5 cm³/mol. The number of aliphatic carboxylic acids is 1. The van der Waals surface area contributed by atoms with E-state index < -0.39 is 12.0 Å². The normalized spacial score (nSPS) is 11.8. The molecule has 2 N–H and O–H groups in total. The van der Waals surface area contributed by atoms with Crippen molar-refractivity contribution in [2.24, 2.45) is 0 Å². The van der Waals surface area contributed by atoms with Gasteiger partial charge in [0, 0.05) is 12.8 Å². The number of carbonyl (C=O) groups is 2. The molecule has 0 radical (unpaired) electrons. The van der Waals surface area contributed by atoms with E-state index in [0.717, 1.165) is 11.1 Å². The summed E-state index contributed by atoms with van der Waals surface area (Å²) < 4.78 is 0. The van der Waals surface area contributed by atoms with Gasteiger partial charge in [-0.2, -0.15) is 0 Å². The number of carboxylic acid groups (broad SMARTS) is 1. The predicted octanol–water partition coefficient (Wildman–Crippen LogP) is 3.74. The number of amides is 1. The first-order valence-electron chi connectivity index (χ1n) is 7.45. The van der Waals surface area contributed by atoms with Crippen molar-refractivity contribution >= 4 is 35.1 Å². The zero-order chi connectivity index (χ0) is 17.5. The van der Waals surface area contributed by atoms with E-state index in [0.29, 0.717) is 16.5 Å². The second-order valence-corrected chi connectivity index (χ2v) is 6.21. The lowest BCUT2D eigenvalue weighted by Crippen LogP contribution is -2.42.